The van der Waals surface area contributed by atoms with Gasteiger partial charge in [-0.25, -0.2) is 0 Å². The van der Waals surface area contributed by atoms with Crippen LogP contribution in [0.1, 0.15) is 25.7 Å². The van der Waals surface area contributed by atoms with Crippen LogP contribution in [0.15, 0.2) is 12.2 Å². The highest BCUT2D eigenvalue weighted by Crippen LogP contribution is 2.01. The molecule has 0 aromatic heterocycles. The fourth-order valence-corrected chi connectivity index (χ4v) is 0.848. The van der Waals surface area contributed by atoms with Crippen molar-refractivity contribution in [2.75, 3.05) is 7.11 Å². The first-order valence-electron chi connectivity index (χ1n) is 4.23. The molecule has 3 heteroatoms. The molecule has 0 spiro atoms. The molecule has 0 unspecified atom stereocenters. The van der Waals surface area contributed by atoms with E-state index in [2.05, 4.69) is 4.74 Å². The van der Waals surface area contributed by atoms with Crippen LogP contribution in [-0.4, -0.2) is 20.9 Å². The second-order valence-electron chi connectivity index (χ2n) is 2.53. The minimum absolute atomic E-state index is 0.127. The Morgan fingerprint density at radius 3 is 2.75 bits per heavy atom. The van der Waals surface area contributed by atoms with E-state index in [0.717, 1.165) is 19.3 Å². The summed E-state index contributed by atoms with van der Waals surface area (Å²) in [4.78, 5) is 10.6. The van der Waals surface area contributed by atoms with Gasteiger partial charge in [-0.05, 0) is 19.3 Å². The van der Waals surface area contributed by atoms with Crippen LogP contribution in [0.4, 0.5) is 0 Å². The minimum Gasteiger partial charge on any atom is -0.469 e. The average Bonchev–Trinajstić information content (AvgIpc) is 2.10. The highest BCUT2D eigenvalue weighted by molar-refractivity contribution is 6.09. The van der Waals surface area contributed by atoms with Gasteiger partial charge in [-0.1, -0.05) is 18.5 Å². The van der Waals surface area contributed by atoms with Gasteiger partial charge in [-0.15, -0.1) is 0 Å². The summed E-state index contributed by atoms with van der Waals surface area (Å²) >= 11 is 0. The Morgan fingerprint density at radius 1 is 1.42 bits per heavy atom. The molecule has 0 heterocycles. The van der Waals surface area contributed by atoms with Crippen molar-refractivity contribution in [1.29, 1.82) is 0 Å². The molecule has 0 fully saturated rings. The fraction of sp³-hybridized carbons (Fsp3) is 0.667. The Morgan fingerprint density at radius 2 is 2.17 bits per heavy atom. The maximum atomic E-state index is 10.6. The first-order chi connectivity index (χ1) is 5.81. The average molecular weight is 166 g/mol. The summed E-state index contributed by atoms with van der Waals surface area (Å²) in [5.41, 5.74) is 0. The van der Waals surface area contributed by atoms with Crippen LogP contribution in [0, 0.1) is 0 Å². The van der Waals surface area contributed by atoms with Gasteiger partial charge in [-0.2, -0.15) is 0 Å². The van der Waals surface area contributed by atoms with Crippen molar-refractivity contribution in [2.45, 2.75) is 32.0 Å². The largest absolute Gasteiger partial charge is 0.469 e. The first kappa shape index (κ1) is 11.3. The predicted molar refractivity (Wildman–Crippen MR) is 50.2 cm³/mol. The zero-order chi connectivity index (χ0) is 9.23. The number of unbranched alkanes of at least 4 members (excludes halogenated alkanes) is 2. The predicted octanol–water partition coefficient (Wildman–Crippen LogP) is 1.86. The lowest BCUT2D eigenvalue weighted by molar-refractivity contribution is -0.140. The molecule has 0 rings (SSSR count). The van der Waals surface area contributed by atoms with Crippen LogP contribution in [-0.2, 0) is 9.53 Å². The standard InChI is InChI=1S/C9H15BO2/c1-12-9(11)7-5-3-2-4-6-8-10/h4,6H,2-3,5,7-8H2,1H3/b6-4+. The molecule has 2 radical (unpaired) electrons. The molecule has 66 valence electrons. The molecule has 2 nitrogen and oxygen atoms in total. The molecule has 0 bridgehead atoms. The van der Waals surface area contributed by atoms with Crippen LogP contribution >= 0.6 is 0 Å². The molecule has 0 saturated heterocycles. The molecule has 0 aliphatic rings. The van der Waals surface area contributed by atoms with Crippen molar-refractivity contribution in [1.82, 2.24) is 0 Å². The lowest BCUT2D eigenvalue weighted by atomic mass is 10.0. The van der Waals surface area contributed by atoms with E-state index in [1.165, 1.54) is 7.11 Å². The second kappa shape index (κ2) is 8.37. The SMILES string of the molecule is [B]C/C=C/CCCCC(=O)OC. The maximum Gasteiger partial charge on any atom is 0.305 e. The van der Waals surface area contributed by atoms with Crippen molar-refractivity contribution < 1.29 is 9.53 Å². The van der Waals surface area contributed by atoms with Gasteiger partial charge in [-0.3, -0.25) is 4.79 Å². The van der Waals surface area contributed by atoms with Gasteiger partial charge in [0.25, 0.3) is 0 Å². The second-order valence-corrected chi connectivity index (χ2v) is 2.53. The molecule has 0 atom stereocenters. The monoisotopic (exact) mass is 166 g/mol. The highest BCUT2D eigenvalue weighted by Gasteiger charge is 1.97. The van der Waals surface area contributed by atoms with Gasteiger partial charge in [0.2, 0.25) is 0 Å². The molecule has 0 aromatic rings. The number of hydrogen-bond acceptors (Lipinski definition) is 2. The van der Waals surface area contributed by atoms with Gasteiger partial charge in [0.15, 0.2) is 0 Å². The number of allylic oxidation sites excluding steroid dienone is 2. The van der Waals surface area contributed by atoms with Crippen molar-refractivity contribution in [3.63, 3.8) is 0 Å². The number of esters is 1. The smallest absolute Gasteiger partial charge is 0.305 e. The third-order valence-corrected chi connectivity index (χ3v) is 1.53. The Balaban J connectivity index is 3.10. The van der Waals surface area contributed by atoms with E-state index in [-0.39, 0.29) is 5.97 Å². The molecular weight excluding hydrogens is 151 g/mol. The zero-order valence-electron chi connectivity index (χ0n) is 7.58. The fourth-order valence-electron chi connectivity index (χ4n) is 0.848. The number of hydrogen-bond donors (Lipinski definition) is 0. The Hall–Kier alpha value is -0.725. The number of ether oxygens (including phenoxy) is 1. The van der Waals surface area contributed by atoms with Crippen LogP contribution < -0.4 is 0 Å². The van der Waals surface area contributed by atoms with Crippen molar-refractivity contribution >= 4 is 13.8 Å². The highest BCUT2D eigenvalue weighted by atomic mass is 16.5. The van der Waals surface area contributed by atoms with Crippen LogP contribution in [0.25, 0.3) is 0 Å². The summed E-state index contributed by atoms with van der Waals surface area (Å²) in [7, 11) is 6.67. The Bertz CT molecular complexity index is 143. The summed E-state index contributed by atoms with van der Waals surface area (Å²) in [6.07, 6.45) is 7.99. The number of rotatable bonds is 6. The summed E-state index contributed by atoms with van der Waals surface area (Å²) in [5, 5.41) is 0. The van der Waals surface area contributed by atoms with Crippen molar-refractivity contribution in [3.8, 4) is 0 Å². The number of methoxy groups -OCH3 is 1. The van der Waals surface area contributed by atoms with Crippen molar-refractivity contribution in [3.05, 3.63) is 12.2 Å². The van der Waals surface area contributed by atoms with E-state index in [9.17, 15) is 4.79 Å². The third kappa shape index (κ3) is 7.38. The van der Waals surface area contributed by atoms with Crippen molar-refractivity contribution in [2.24, 2.45) is 0 Å². The quantitative estimate of drug-likeness (QED) is 0.260. The van der Waals surface area contributed by atoms with Gasteiger partial charge in [0.05, 0.1) is 15.0 Å². The van der Waals surface area contributed by atoms with Gasteiger partial charge in [0, 0.05) is 6.42 Å². The molecule has 0 aliphatic carbocycles. The number of carbonyl (C=O) groups excluding carboxylic acids is 1. The summed E-state index contributed by atoms with van der Waals surface area (Å²) in [6.45, 7) is 0. The lowest BCUT2D eigenvalue weighted by Crippen LogP contribution is -1.98. The topological polar surface area (TPSA) is 26.3 Å². The summed E-state index contributed by atoms with van der Waals surface area (Å²) in [5.74, 6) is -0.127. The lowest BCUT2D eigenvalue weighted by Gasteiger charge is -1.96. The molecule has 0 aromatic carbocycles. The minimum atomic E-state index is -0.127. The molecule has 0 saturated carbocycles. The van der Waals surface area contributed by atoms with E-state index in [4.69, 9.17) is 7.85 Å². The molecule has 0 N–H and O–H groups in total. The third-order valence-electron chi connectivity index (χ3n) is 1.53. The Kier molecular flexibility index (Phi) is 7.87. The van der Waals surface area contributed by atoms with E-state index < -0.39 is 0 Å². The van der Waals surface area contributed by atoms with Gasteiger partial charge >= 0.3 is 5.97 Å². The summed E-state index contributed by atoms with van der Waals surface area (Å²) in [6, 6.07) is 0. The van der Waals surface area contributed by atoms with E-state index in [0.29, 0.717) is 12.7 Å². The first-order valence-corrected chi connectivity index (χ1v) is 4.23. The van der Waals surface area contributed by atoms with Crippen LogP contribution in [0.2, 0.25) is 6.32 Å². The zero-order valence-corrected chi connectivity index (χ0v) is 7.58. The molecule has 12 heavy (non-hydrogen) atoms. The molecular formula is C9H15BO2. The van der Waals surface area contributed by atoms with Crippen LogP contribution in [0.3, 0.4) is 0 Å². The number of carbonyl (C=O) groups is 1. The molecule has 0 aliphatic heterocycles. The molecule has 0 amide bonds. The van der Waals surface area contributed by atoms with E-state index in [1.54, 1.807) is 0 Å². The van der Waals surface area contributed by atoms with Gasteiger partial charge in [0.1, 0.15) is 0 Å². The van der Waals surface area contributed by atoms with E-state index in [1.807, 2.05) is 12.2 Å². The Labute approximate surface area is 75.4 Å². The van der Waals surface area contributed by atoms with Crippen LogP contribution in [0.5, 0.6) is 0 Å². The maximum absolute atomic E-state index is 10.6. The summed E-state index contributed by atoms with van der Waals surface area (Å²) < 4.78 is 4.50. The van der Waals surface area contributed by atoms with E-state index >= 15 is 0 Å². The normalized spacial score (nSPS) is 10.4. The van der Waals surface area contributed by atoms with Gasteiger partial charge < -0.3 is 4.74 Å².